The highest BCUT2D eigenvalue weighted by molar-refractivity contribution is 6.00. The van der Waals surface area contributed by atoms with Crippen LogP contribution in [0.15, 0.2) is 18.2 Å². The van der Waals surface area contributed by atoms with Crippen LogP contribution in [0.5, 0.6) is 0 Å². The van der Waals surface area contributed by atoms with Crippen molar-refractivity contribution in [2.45, 2.75) is 31.2 Å². The zero-order valence-corrected chi connectivity index (χ0v) is 11.8. The number of hydrogen-bond donors (Lipinski definition) is 2. The van der Waals surface area contributed by atoms with E-state index >= 15 is 0 Å². The number of methoxy groups -OCH3 is 1. The fourth-order valence-electron chi connectivity index (χ4n) is 2.27. The topological polar surface area (TPSA) is 50.4 Å². The van der Waals surface area contributed by atoms with E-state index in [2.05, 4.69) is 10.6 Å². The van der Waals surface area contributed by atoms with E-state index in [1.165, 1.54) is 6.07 Å². The zero-order chi connectivity index (χ0) is 15.6. The highest BCUT2D eigenvalue weighted by Gasteiger charge is 2.33. The number of rotatable bonds is 4. The third-order valence-corrected chi connectivity index (χ3v) is 3.62. The van der Waals surface area contributed by atoms with E-state index < -0.39 is 17.6 Å². The molecule has 0 bridgehead atoms. The largest absolute Gasteiger partial charge is 0.416 e. The number of amides is 1. The third kappa shape index (κ3) is 3.47. The zero-order valence-electron chi connectivity index (χ0n) is 11.8. The predicted molar refractivity (Wildman–Crippen MR) is 72.3 cm³/mol. The summed E-state index contributed by atoms with van der Waals surface area (Å²) in [6.07, 6.45) is -3.01. The van der Waals surface area contributed by atoms with Crippen LogP contribution >= 0.6 is 0 Å². The Balaban J connectivity index is 2.15. The maximum absolute atomic E-state index is 12.7. The number of nitrogens with one attached hydrogen (secondary N) is 2. The first-order valence-corrected chi connectivity index (χ1v) is 6.57. The summed E-state index contributed by atoms with van der Waals surface area (Å²) >= 11 is 0. The molecule has 116 valence electrons. The predicted octanol–water partition coefficient (Wildman–Crippen LogP) is 2.65. The van der Waals surface area contributed by atoms with Crippen LogP contribution in [0.1, 0.15) is 28.8 Å². The first kappa shape index (κ1) is 15.6. The summed E-state index contributed by atoms with van der Waals surface area (Å²) in [5, 5.41) is 5.46. The van der Waals surface area contributed by atoms with Gasteiger partial charge >= 0.3 is 6.18 Å². The molecule has 21 heavy (non-hydrogen) atoms. The van der Waals surface area contributed by atoms with Gasteiger partial charge in [-0.15, -0.1) is 0 Å². The summed E-state index contributed by atoms with van der Waals surface area (Å²) in [5.74, 6) is -0.509. The Morgan fingerprint density at radius 3 is 2.52 bits per heavy atom. The van der Waals surface area contributed by atoms with Crippen LogP contribution < -0.4 is 10.6 Å². The highest BCUT2D eigenvalue weighted by atomic mass is 19.4. The molecular weight excluding hydrogens is 285 g/mol. The van der Waals surface area contributed by atoms with Gasteiger partial charge in [-0.25, -0.2) is 0 Å². The average molecular weight is 302 g/mol. The molecule has 2 N–H and O–H groups in total. The van der Waals surface area contributed by atoms with Crippen LogP contribution in [0.3, 0.4) is 0 Å². The van der Waals surface area contributed by atoms with Gasteiger partial charge in [-0.05, 0) is 31.0 Å². The van der Waals surface area contributed by atoms with Crippen molar-refractivity contribution in [2.24, 2.45) is 0 Å². The molecule has 1 amide bonds. The molecule has 0 unspecified atom stereocenters. The lowest BCUT2D eigenvalue weighted by Gasteiger charge is -2.34. The SMILES string of the molecule is CNc1ccc(C(F)(F)F)cc1C(=O)NC1CC(OC)C1. The fraction of sp³-hybridized carbons (Fsp3) is 0.500. The molecule has 0 spiro atoms. The van der Waals surface area contributed by atoms with Crippen LogP contribution in [0, 0.1) is 0 Å². The van der Waals surface area contributed by atoms with Crippen LogP contribution in [-0.4, -0.2) is 32.2 Å². The first-order valence-electron chi connectivity index (χ1n) is 6.57. The molecule has 1 aliphatic rings. The highest BCUT2D eigenvalue weighted by Crippen LogP contribution is 2.32. The van der Waals surface area contributed by atoms with Crippen LogP contribution in [0.2, 0.25) is 0 Å². The van der Waals surface area contributed by atoms with Gasteiger partial charge < -0.3 is 15.4 Å². The Labute approximate surface area is 120 Å². The average Bonchev–Trinajstić information content (AvgIpc) is 2.40. The molecule has 1 aliphatic carbocycles. The van der Waals surface area contributed by atoms with Gasteiger partial charge in [-0.1, -0.05) is 0 Å². The lowest BCUT2D eigenvalue weighted by Crippen LogP contribution is -2.47. The third-order valence-electron chi connectivity index (χ3n) is 3.62. The molecular formula is C14H17F3N2O2. The summed E-state index contributed by atoms with van der Waals surface area (Å²) in [7, 11) is 3.15. The number of hydrogen-bond acceptors (Lipinski definition) is 3. The number of alkyl halides is 3. The molecule has 1 aromatic carbocycles. The van der Waals surface area contributed by atoms with Crippen molar-refractivity contribution < 1.29 is 22.7 Å². The lowest BCUT2D eigenvalue weighted by atomic mass is 9.89. The lowest BCUT2D eigenvalue weighted by molar-refractivity contribution is -0.137. The summed E-state index contributed by atoms with van der Waals surface area (Å²) in [6, 6.07) is 3.03. The molecule has 1 aromatic rings. The maximum Gasteiger partial charge on any atom is 0.416 e. The second-order valence-electron chi connectivity index (χ2n) is 5.01. The Hall–Kier alpha value is -1.76. The van der Waals surface area contributed by atoms with Gasteiger partial charge in [-0.3, -0.25) is 4.79 Å². The van der Waals surface area contributed by atoms with Gasteiger partial charge in [0.1, 0.15) is 0 Å². The number of anilines is 1. The number of ether oxygens (including phenoxy) is 1. The molecule has 0 aromatic heterocycles. The Bertz CT molecular complexity index is 525. The van der Waals surface area contributed by atoms with Crippen molar-refractivity contribution in [1.29, 1.82) is 0 Å². The minimum absolute atomic E-state index is 0.00630. The van der Waals surface area contributed by atoms with Crippen molar-refractivity contribution in [3.05, 3.63) is 29.3 Å². The van der Waals surface area contributed by atoms with Gasteiger partial charge in [0.2, 0.25) is 0 Å². The van der Waals surface area contributed by atoms with E-state index in [-0.39, 0.29) is 17.7 Å². The molecule has 0 saturated heterocycles. The summed E-state index contributed by atoms with van der Waals surface area (Å²) in [4.78, 5) is 12.1. The normalized spacial score (nSPS) is 21.6. The fourth-order valence-corrected chi connectivity index (χ4v) is 2.27. The van der Waals surface area contributed by atoms with Crippen molar-refractivity contribution in [3.8, 4) is 0 Å². The molecule has 2 rings (SSSR count). The van der Waals surface area contributed by atoms with E-state index in [4.69, 9.17) is 4.74 Å². The summed E-state index contributed by atoms with van der Waals surface area (Å²) in [6.45, 7) is 0. The minimum atomic E-state index is -4.47. The van der Waals surface area contributed by atoms with Gasteiger partial charge in [0.15, 0.2) is 0 Å². The van der Waals surface area contributed by atoms with E-state index in [9.17, 15) is 18.0 Å². The smallest absolute Gasteiger partial charge is 0.387 e. The van der Waals surface area contributed by atoms with Gasteiger partial charge in [0.25, 0.3) is 5.91 Å². The summed E-state index contributed by atoms with van der Waals surface area (Å²) < 4.78 is 43.3. The number of halogens is 3. The van der Waals surface area contributed by atoms with E-state index in [0.717, 1.165) is 12.1 Å². The summed E-state index contributed by atoms with van der Waals surface area (Å²) in [5.41, 5.74) is -0.480. The minimum Gasteiger partial charge on any atom is -0.387 e. The van der Waals surface area contributed by atoms with Crippen molar-refractivity contribution in [2.75, 3.05) is 19.5 Å². The Morgan fingerprint density at radius 1 is 1.33 bits per heavy atom. The first-order chi connectivity index (χ1) is 9.85. The quantitative estimate of drug-likeness (QED) is 0.899. The van der Waals surface area contributed by atoms with Crippen LogP contribution in [-0.2, 0) is 10.9 Å². The second-order valence-corrected chi connectivity index (χ2v) is 5.01. The second kappa shape index (κ2) is 5.93. The van der Waals surface area contributed by atoms with E-state index in [1.54, 1.807) is 14.2 Å². The standard InChI is InChI=1S/C14H17F3N2O2/c1-18-12-4-3-8(14(15,16)17)5-11(12)13(20)19-9-6-10(7-9)21-2/h3-5,9-10,18H,6-7H2,1-2H3,(H,19,20). The van der Waals surface area contributed by atoms with E-state index in [1.807, 2.05) is 0 Å². The van der Waals surface area contributed by atoms with Crippen molar-refractivity contribution in [1.82, 2.24) is 5.32 Å². The molecule has 0 atom stereocenters. The molecule has 0 aliphatic heterocycles. The molecule has 0 heterocycles. The molecule has 4 nitrogen and oxygen atoms in total. The van der Waals surface area contributed by atoms with Gasteiger partial charge in [0, 0.05) is 25.9 Å². The molecule has 0 radical (unpaired) electrons. The Morgan fingerprint density at radius 2 is 2.00 bits per heavy atom. The number of carbonyl (C=O) groups is 1. The number of benzene rings is 1. The van der Waals surface area contributed by atoms with Crippen LogP contribution in [0.25, 0.3) is 0 Å². The molecule has 7 heteroatoms. The van der Waals surface area contributed by atoms with Crippen molar-refractivity contribution >= 4 is 11.6 Å². The maximum atomic E-state index is 12.7. The number of carbonyl (C=O) groups excluding carboxylic acids is 1. The van der Waals surface area contributed by atoms with Crippen molar-refractivity contribution in [3.63, 3.8) is 0 Å². The van der Waals surface area contributed by atoms with E-state index in [0.29, 0.717) is 18.5 Å². The monoisotopic (exact) mass is 302 g/mol. The molecule has 1 saturated carbocycles. The van der Waals surface area contributed by atoms with Gasteiger partial charge in [-0.2, -0.15) is 13.2 Å². The van der Waals surface area contributed by atoms with Crippen LogP contribution in [0.4, 0.5) is 18.9 Å². The van der Waals surface area contributed by atoms with Gasteiger partial charge in [0.05, 0.1) is 17.2 Å². The Kier molecular flexibility index (Phi) is 4.41. The molecule has 1 fully saturated rings.